The molecule has 0 bridgehead atoms. The molecule has 0 aliphatic carbocycles. The lowest BCUT2D eigenvalue weighted by Crippen LogP contribution is -2.03. The molecule has 1 aromatic carbocycles. The van der Waals surface area contributed by atoms with E-state index in [1.165, 1.54) is 24.6 Å². The van der Waals surface area contributed by atoms with Gasteiger partial charge >= 0.3 is 0 Å². The van der Waals surface area contributed by atoms with Gasteiger partial charge in [0.1, 0.15) is 0 Å². The highest BCUT2D eigenvalue weighted by Crippen LogP contribution is 2.19. The van der Waals surface area contributed by atoms with Gasteiger partial charge in [-0.15, -0.1) is 0 Å². The molecule has 5 heteroatoms. The summed E-state index contributed by atoms with van der Waals surface area (Å²) in [4.78, 5) is 11.1. The number of nitrogens with one attached hydrogen (secondary N) is 1. The zero-order valence-corrected chi connectivity index (χ0v) is 12.5. The van der Waals surface area contributed by atoms with Crippen LogP contribution in [0.5, 0.6) is 5.75 Å². The first kappa shape index (κ1) is 15.2. The van der Waals surface area contributed by atoms with Crippen molar-refractivity contribution < 1.29 is 13.9 Å². The number of carbonyl (C=O) groups is 1. The molecule has 0 aliphatic rings. The summed E-state index contributed by atoms with van der Waals surface area (Å²) < 4.78 is 19.2. The minimum atomic E-state index is -0.502. The number of ketones is 1. The van der Waals surface area contributed by atoms with Gasteiger partial charge in [0, 0.05) is 11.3 Å². The number of Topliss-reactive ketones (excluding diaryl/α,β-unsaturated/α-hetero) is 1. The van der Waals surface area contributed by atoms with Gasteiger partial charge in [0.2, 0.25) is 0 Å². The van der Waals surface area contributed by atoms with E-state index in [0.717, 1.165) is 24.2 Å². The Balaban J connectivity index is 1.88. The van der Waals surface area contributed by atoms with Crippen molar-refractivity contribution in [2.24, 2.45) is 0 Å². The summed E-state index contributed by atoms with van der Waals surface area (Å²) in [5, 5.41) is 7.07. The Kier molecular flexibility index (Phi) is 4.73. The van der Waals surface area contributed by atoms with Crippen molar-refractivity contribution in [2.45, 2.75) is 33.6 Å². The quantitative estimate of drug-likeness (QED) is 0.655. The Morgan fingerprint density at radius 1 is 1.38 bits per heavy atom. The molecule has 4 nitrogen and oxygen atoms in total. The number of hydrogen-bond acceptors (Lipinski definition) is 3. The molecular weight excluding hydrogens is 271 g/mol. The van der Waals surface area contributed by atoms with Crippen LogP contribution >= 0.6 is 0 Å². The average molecular weight is 290 g/mol. The number of aromatic amines is 1. The van der Waals surface area contributed by atoms with Gasteiger partial charge in [-0.2, -0.15) is 5.10 Å². The molecule has 0 spiro atoms. The van der Waals surface area contributed by atoms with Gasteiger partial charge in [-0.1, -0.05) is 0 Å². The molecule has 21 heavy (non-hydrogen) atoms. The summed E-state index contributed by atoms with van der Waals surface area (Å²) in [5.41, 5.74) is 3.59. The van der Waals surface area contributed by atoms with Gasteiger partial charge in [0.05, 0.1) is 12.3 Å². The van der Waals surface area contributed by atoms with Crippen LogP contribution in [-0.4, -0.2) is 22.6 Å². The predicted molar refractivity (Wildman–Crippen MR) is 78.3 cm³/mol. The van der Waals surface area contributed by atoms with Crippen molar-refractivity contribution in [2.75, 3.05) is 6.61 Å². The Morgan fingerprint density at radius 3 is 2.71 bits per heavy atom. The molecule has 2 aromatic rings. The molecular formula is C16H19FN2O2. The maximum absolute atomic E-state index is 13.7. The smallest absolute Gasteiger partial charge is 0.165 e. The summed E-state index contributed by atoms with van der Waals surface area (Å²) in [6, 6.07) is 4.29. The number of rotatable bonds is 6. The number of aromatic nitrogens is 2. The molecule has 112 valence electrons. The van der Waals surface area contributed by atoms with Gasteiger partial charge in [0.15, 0.2) is 17.3 Å². The molecule has 0 radical (unpaired) electrons. The monoisotopic (exact) mass is 290 g/mol. The summed E-state index contributed by atoms with van der Waals surface area (Å²) in [7, 11) is 0. The van der Waals surface area contributed by atoms with Crippen LogP contribution in [0.3, 0.4) is 0 Å². The molecule has 0 fully saturated rings. The fourth-order valence-corrected chi connectivity index (χ4v) is 2.21. The minimum Gasteiger partial charge on any atom is -0.491 e. The van der Waals surface area contributed by atoms with Gasteiger partial charge in [0.25, 0.3) is 0 Å². The summed E-state index contributed by atoms with van der Waals surface area (Å²) in [6.07, 6.45) is 1.61. The SMILES string of the molecule is CC(=O)c1ccc(OCCCc2c(C)n[nH]c2C)c(F)c1. The van der Waals surface area contributed by atoms with E-state index in [1.54, 1.807) is 6.07 Å². The first-order chi connectivity index (χ1) is 9.99. The fourth-order valence-electron chi connectivity index (χ4n) is 2.21. The number of aryl methyl sites for hydroxylation is 2. The van der Waals surface area contributed by atoms with Crippen molar-refractivity contribution in [3.05, 3.63) is 46.5 Å². The van der Waals surface area contributed by atoms with Crippen LogP contribution in [0.1, 0.15) is 40.7 Å². The molecule has 0 unspecified atom stereocenters. The molecule has 1 heterocycles. The third-order valence-electron chi connectivity index (χ3n) is 3.45. The summed E-state index contributed by atoms with van der Waals surface area (Å²) >= 11 is 0. The fraction of sp³-hybridized carbons (Fsp3) is 0.375. The zero-order chi connectivity index (χ0) is 15.4. The maximum Gasteiger partial charge on any atom is 0.165 e. The lowest BCUT2D eigenvalue weighted by atomic mass is 10.1. The zero-order valence-electron chi connectivity index (χ0n) is 12.5. The Morgan fingerprint density at radius 2 is 2.14 bits per heavy atom. The van der Waals surface area contributed by atoms with E-state index in [9.17, 15) is 9.18 Å². The normalized spacial score (nSPS) is 10.7. The van der Waals surface area contributed by atoms with Crippen LogP contribution in [0.2, 0.25) is 0 Å². The highest BCUT2D eigenvalue weighted by atomic mass is 19.1. The van der Waals surface area contributed by atoms with Crippen LogP contribution < -0.4 is 4.74 Å². The second-order valence-electron chi connectivity index (χ2n) is 5.07. The molecule has 0 aliphatic heterocycles. The van der Waals surface area contributed by atoms with Crippen molar-refractivity contribution in [1.29, 1.82) is 0 Å². The van der Waals surface area contributed by atoms with Gasteiger partial charge in [-0.3, -0.25) is 9.89 Å². The number of halogens is 1. The van der Waals surface area contributed by atoms with Gasteiger partial charge in [-0.05, 0) is 57.4 Å². The van der Waals surface area contributed by atoms with E-state index < -0.39 is 5.82 Å². The minimum absolute atomic E-state index is 0.161. The van der Waals surface area contributed by atoms with E-state index in [4.69, 9.17) is 4.74 Å². The van der Waals surface area contributed by atoms with Crippen LogP contribution in [0.25, 0.3) is 0 Å². The summed E-state index contributed by atoms with van der Waals surface area (Å²) in [6.45, 7) is 5.77. The Hall–Kier alpha value is -2.17. The van der Waals surface area contributed by atoms with E-state index in [2.05, 4.69) is 10.2 Å². The second-order valence-corrected chi connectivity index (χ2v) is 5.07. The molecule has 0 amide bonds. The topological polar surface area (TPSA) is 55.0 Å². The predicted octanol–water partition coefficient (Wildman–Crippen LogP) is 3.38. The van der Waals surface area contributed by atoms with Gasteiger partial charge < -0.3 is 4.74 Å². The van der Waals surface area contributed by atoms with Crippen molar-refractivity contribution >= 4 is 5.78 Å². The standard InChI is InChI=1S/C16H19FN2O2/c1-10-14(11(2)19-18-10)5-4-8-21-16-7-6-13(12(3)20)9-15(16)17/h6-7,9H,4-5,8H2,1-3H3,(H,18,19). The number of nitrogens with zero attached hydrogens (tertiary/aromatic N) is 1. The number of carbonyl (C=O) groups excluding carboxylic acids is 1. The van der Waals surface area contributed by atoms with Crippen LogP contribution in [-0.2, 0) is 6.42 Å². The lowest BCUT2D eigenvalue weighted by molar-refractivity contribution is 0.101. The first-order valence-corrected chi connectivity index (χ1v) is 6.92. The van der Waals surface area contributed by atoms with Crippen molar-refractivity contribution in [3.63, 3.8) is 0 Å². The highest BCUT2D eigenvalue weighted by Gasteiger charge is 2.09. The van der Waals surface area contributed by atoms with Crippen LogP contribution in [0.15, 0.2) is 18.2 Å². The van der Waals surface area contributed by atoms with E-state index in [-0.39, 0.29) is 11.5 Å². The van der Waals surface area contributed by atoms with Crippen molar-refractivity contribution in [3.8, 4) is 5.75 Å². The van der Waals surface area contributed by atoms with E-state index >= 15 is 0 Å². The highest BCUT2D eigenvalue weighted by molar-refractivity contribution is 5.94. The van der Waals surface area contributed by atoms with Crippen molar-refractivity contribution in [1.82, 2.24) is 10.2 Å². The third-order valence-corrected chi connectivity index (χ3v) is 3.45. The average Bonchev–Trinajstić information content (AvgIpc) is 2.76. The molecule has 1 aromatic heterocycles. The Labute approximate surface area is 123 Å². The molecule has 0 saturated heterocycles. The number of hydrogen-bond donors (Lipinski definition) is 1. The molecule has 0 atom stereocenters. The molecule has 2 rings (SSSR count). The lowest BCUT2D eigenvalue weighted by Gasteiger charge is -2.08. The molecule has 1 N–H and O–H groups in total. The van der Waals surface area contributed by atoms with E-state index in [0.29, 0.717) is 12.2 Å². The Bertz CT molecular complexity index is 630. The van der Waals surface area contributed by atoms with Crippen LogP contribution in [0, 0.1) is 19.7 Å². The first-order valence-electron chi connectivity index (χ1n) is 6.92. The largest absolute Gasteiger partial charge is 0.491 e. The third kappa shape index (κ3) is 3.68. The van der Waals surface area contributed by atoms with E-state index in [1.807, 2.05) is 13.8 Å². The van der Waals surface area contributed by atoms with Crippen LogP contribution in [0.4, 0.5) is 4.39 Å². The number of ether oxygens (including phenoxy) is 1. The summed E-state index contributed by atoms with van der Waals surface area (Å²) in [5.74, 6) is -0.481. The molecule has 0 saturated carbocycles. The number of benzene rings is 1. The maximum atomic E-state index is 13.7. The number of H-pyrrole nitrogens is 1. The van der Waals surface area contributed by atoms with Gasteiger partial charge in [-0.25, -0.2) is 4.39 Å². The second kappa shape index (κ2) is 6.52.